The topological polar surface area (TPSA) is 44.8 Å². The summed E-state index contributed by atoms with van der Waals surface area (Å²) in [7, 11) is 0.886. The molecule has 1 heterocycles. The van der Waals surface area contributed by atoms with Crippen molar-refractivity contribution in [1.29, 1.82) is 0 Å². The maximum absolute atomic E-state index is 13.4. The summed E-state index contributed by atoms with van der Waals surface area (Å²) in [4.78, 5) is 4.68. The van der Waals surface area contributed by atoms with Crippen molar-refractivity contribution in [3.05, 3.63) is 24.0 Å². The Kier molecular flexibility index (Phi) is 7.48. The first-order valence-corrected chi connectivity index (χ1v) is 8.28. The van der Waals surface area contributed by atoms with E-state index in [1.54, 1.807) is 6.07 Å². The molecule has 7 heteroatoms. The third-order valence-corrected chi connectivity index (χ3v) is 3.99. The molecule has 0 saturated carbocycles. The van der Waals surface area contributed by atoms with Gasteiger partial charge in [-0.3, -0.25) is 0 Å². The van der Waals surface area contributed by atoms with Gasteiger partial charge in [-0.25, -0.2) is 4.39 Å². The van der Waals surface area contributed by atoms with Crippen LogP contribution in [0.1, 0.15) is 13.3 Å². The van der Waals surface area contributed by atoms with Crippen LogP contribution in [-0.4, -0.2) is 64.4 Å². The average Bonchev–Trinajstić information content (AvgIpc) is 2.56. The molecule has 0 spiro atoms. The number of piperazine rings is 1. The van der Waals surface area contributed by atoms with E-state index >= 15 is 0 Å². The van der Waals surface area contributed by atoms with Crippen molar-refractivity contribution in [3.63, 3.8) is 0 Å². The molecule has 0 bridgehead atoms. The normalized spacial score (nSPS) is 15.5. The van der Waals surface area contributed by atoms with Crippen LogP contribution in [-0.2, 0) is 4.70 Å². The van der Waals surface area contributed by atoms with Gasteiger partial charge in [0.15, 0.2) is 0 Å². The molecule has 0 radical (unpaired) electrons. The zero-order chi connectivity index (χ0) is 16.5. The summed E-state index contributed by atoms with van der Waals surface area (Å²) in [5.74, 6) is 0.359. The van der Waals surface area contributed by atoms with E-state index < -0.39 is 0 Å². The fourth-order valence-corrected chi connectivity index (χ4v) is 2.82. The second-order valence-electron chi connectivity index (χ2n) is 5.60. The van der Waals surface area contributed by atoms with Crippen molar-refractivity contribution in [2.45, 2.75) is 13.3 Å². The number of anilines is 1. The van der Waals surface area contributed by atoms with E-state index in [-0.39, 0.29) is 5.82 Å². The van der Waals surface area contributed by atoms with Crippen molar-refractivity contribution in [2.75, 3.05) is 57.2 Å². The fourth-order valence-electron chi connectivity index (χ4n) is 2.82. The molecule has 0 unspecified atom stereocenters. The summed E-state index contributed by atoms with van der Waals surface area (Å²) in [5, 5.41) is 3.08. The summed E-state index contributed by atoms with van der Waals surface area (Å²) in [6.07, 6.45) is 1.47. The molecule has 1 aliphatic heterocycles. The Hall–Kier alpha value is -1.47. The third-order valence-electron chi connectivity index (χ3n) is 3.99. The van der Waals surface area contributed by atoms with E-state index in [9.17, 15) is 9.10 Å². The van der Waals surface area contributed by atoms with Crippen molar-refractivity contribution in [1.82, 2.24) is 10.2 Å². The first-order chi connectivity index (χ1) is 11.2. The molecule has 1 fully saturated rings. The quantitative estimate of drug-likeness (QED) is 0.549. The second-order valence-corrected chi connectivity index (χ2v) is 5.60. The van der Waals surface area contributed by atoms with Gasteiger partial charge in [0.25, 0.3) is 0 Å². The molecule has 0 amide bonds. The average molecular weight is 321 g/mol. The molecule has 0 atom stereocenters. The molecule has 1 saturated heterocycles. The van der Waals surface area contributed by atoms with E-state index in [4.69, 9.17) is 4.74 Å². The molecule has 23 heavy (non-hydrogen) atoms. The van der Waals surface area contributed by atoms with Gasteiger partial charge in [0.1, 0.15) is 5.82 Å². The van der Waals surface area contributed by atoms with Crippen LogP contribution in [0.3, 0.4) is 0 Å². The standard InChI is InChI=1S/C16H25BFN3O2/c1-2-23-16-12-14(18)4-5-15(16)21-10-8-20(9-11-21)7-3-6-19-13-17-22/h4-5,12,19H,2-3,6-11,13H2,1H3. The van der Waals surface area contributed by atoms with Crippen LogP contribution in [0.5, 0.6) is 5.75 Å². The van der Waals surface area contributed by atoms with E-state index in [1.165, 1.54) is 12.1 Å². The number of nitrogens with zero attached hydrogens (tertiary/aromatic N) is 2. The van der Waals surface area contributed by atoms with Gasteiger partial charge in [0.05, 0.1) is 6.61 Å². The minimum absolute atomic E-state index is 0.265. The molecule has 0 aromatic heterocycles. The summed E-state index contributed by atoms with van der Waals surface area (Å²) in [5.41, 5.74) is 0.973. The number of halogens is 1. The van der Waals surface area contributed by atoms with Crippen LogP contribution >= 0.6 is 0 Å². The Labute approximate surface area is 138 Å². The summed E-state index contributed by atoms with van der Waals surface area (Å²) in [6.45, 7) is 8.12. The predicted octanol–water partition coefficient (Wildman–Crippen LogP) is 1.33. The molecule has 0 aliphatic carbocycles. The Bertz CT molecular complexity index is 496. The molecule has 1 N–H and O–H groups in total. The maximum atomic E-state index is 13.4. The molecule has 5 nitrogen and oxygen atoms in total. The van der Waals surface area contributed by atoms with Gasteiger partial charge in [-0.1, -0.05) is 0 Å². The van der Waals surface area contributed by atoms with Gasteiger partial charge < -0.3 is 0 Å². The first-order valence-electron chi connectivity index (χ1n) is 8.28. The summed E-state index contributed by atoms with van der Waals surface area (Å²) >= 11 is 0. The predicted molar refractivity (Wildman–Crippen MR) is 90.1 cm³/mol. The molecule has 1 aromatic rings. The second kappa shape index (κ2) is 9.62. The number of rotatable bonds is 9. The molecular formula is C16H25BFN3O2. The molecule has 1 aromatic carbocycles. The number of benzene rings is 1. The zero-order valence-corrected chi connectivity index (χ0v) is 13.8. The minimum atomic E-state index is -0.265. The summed E-state index contributed by atoms with van der Waals surface area (Å²) in [6, 6.07) is 4.76. The Morgan fingerprint density at radius 3 is 2.78 bits per heavy atom. The van der Waals surface area contributed by atoms with Gasteiger partial charge in [0.2, 0.25) is 0 Å². The van der Waals surface area contributed by atoms with Gasteiger partial charge in [0, 0.05) is 0 Å². The van der Waals surface area contributed by atoms with E-state index in [0.717, 1.165) is 58.5 Å². The van der Waals surface area contributed by atoms with Crippen LogP contribution in [0.25, 0.3) is 0 Å². The first kappa shape index (κ1) is 17.9. The number of hydrogen-bond donors (Lipinski definition) is 1. The summed E-state index contributed by atoms with van der Waals surface area (Å²) < 4.78 is 29.2. The van der Waals surface area contributed by atoms with Gasteiger partial charge >= 0.3 is 113 Å². The van der Waals surface area contributed by atoms with Crippen LogP contribution in [0.4, 0.5) is 10.1 Å². The SMILES string of the molecule is CCOc1cc(F)ccc1N1CCN(CCCNCB=O)CC1. The Balaban J connectivity index is 1.81. The number of ether oxygens (including phenoxy) is 1. The van der Waals surface area contributed by atoms with Crippen molar-refractivity contribution in [3.8, 4) is 5.75 Å². The van der Waals surface area contributed by atoms with Gasteiger partial charge in [-0.2, -0.15) is 0 Å². The van der Waals surface area contributed by atoms with Crippen LogP contribution < -0.4 is 15.0 Å². The van der Waals surface area contributed by atoms with Gasteiger partial charge in [-0.05, 0) is 6.92 Å². The number of nitrogens with one attached hydrogen (secondary N) is 1. The van der Waals surface area contributed by atoms with E-state index in [2.05, 4.69) is 15.1 Å². The Morgan fingerprint density at radius 1 is 1.30 bits per heavy atom. The third kappa shape index (κ3) is 5.59. The molecular weight excluding hydrogens is 296 g/mol. The fraction of sp³-hybridized carbons (Fsp3) is 0.625. The van der Waals surface area contributed by atoms with Crippen LogP contribution in [0.2, 0.25) is 0 Å². The monoisotopic (exact) mass is 321 g/mol. The molecule has 1 aliphatic rings. The molecule has 126 valence electrons. The van der Waals surface area contributed by atoms with Crippen LogP contribution in [0, 0.1) is 5.82 Å². The van der Waals surface area contributed by atoms with E-state index in [0.29, 0.717) is 18.8 Å². The zero-order valence-electron chi connectivity index (χ0n) is 13.8. The van der Waals surface area contributed by atoms with Gasteiger partial charge in [-0.15, -0.1) is 0 Å². The van der Waals surface area contributed by atoms with Crippen molar-refractivity contribution < 1.29 is 13.8 Å². The van der Waals surface area contributed by atoms with Crippen molar-refractivity contribution in [2.24, 2.45) is 0 Å². The van der Waals surface area contributed by atoms with Crippen molar-refractivity contribution >= 4 is 12.8 Å². The van der Waals surface area contributed by atoms with E-state index in [1.807, 2.05) is 6.92 Å². The molecule has 2 rings (SSSR count). The van der Waals surface area contributed by atoms with Crippen LogP contribution in [0.15, 0.2) is 18.2 Å². The number of hydrogen-bond acceptors (Lipinski definition) is 5. The Morgan fingerprint density at radius 2 is 2.09 bits per heavy atom.